The van der Waals surface area contributed by atoms with E-state index in [2.05, 4.69) is 0 Å². The summed E-state index contributed by atoms with van der Waals surface area (Å²) >= 11 is 0. The molecule has 0 bridgehead atoms. The predicted molar refractivity (Wildman–Crippen MR) is 46.3 cm³/mol. The first-order valence-corrected chi connectivity index (χ1v) is 3.66. The van der Waals surface area contributed by atoms with Crippen LogP contribution in [0.25, 0.3) is 6.08 Å². The van der Waals surface area contributed by atoms with Crippen molar-refractivity contribution in [3.8, 4) is 5.75 Å². The van der Waals surface area contributed by atoms with E-state index in [0.29, 0.717) is 0 Å². The van der Waals surface area contributed by atoms with E-state index < -0.39 is 28.9 Å². The van der Waals surface area contributed by atoms with E-state index in [-0.39, 0.29) is 0 Å². The zero-order valence-electron chi connectivity index (χ0n) is 7.00. The van der Waals surface area contributed by atoms with Crippen molar-refractivity contribution in [2.45, 2.75) is 0 Å². The Bertz CT molecular complexity index is 379. The first kappa shape index (κ1) is 10.2. The summed E-state index contributed by atoms with van der Waals surface area (Å²) in [6.45, 7) is 0. The summed E-state index contributed by atoms with van der Waals surface area (Å²) in [4.78, 5) is 10.3. The number of amides is 1. The lowest BCUT2D eigenvalue weighted by Gasteiger charge is -1.99. The van der Waals surface area contributed by atoms with Crippen LogP contribution in [0.15, 0.2) is 18.2 Å². The van der Waals surface area contributed by atoms with Crippen molar-refractivity contribution in [1.82, 2.24) is 0 Å². The smallest absolute Gasteiger partial charge is 0.241 e. The van der Waals surface area contributed by atoms with Crippen molar-refractivity contribution in [2.75, 3.05) is 0 Å². The summed E-state index contributed by atoms with van der Waals surface area (Å²) < 4.78 is 25.9. The van der Waals surface area contributed by atoms with Crippen molar-refractivity contribution >= 4 is 12.0 Å². The highest BCUT2D eigenvalue weighted by Gasteiger charge is 2.07. The van der Waals surface area contributed by atoms with Gasteiger partial charge in [-0.2, -0.15) is 0 Å². The molecule has 0 radical (unpaired) electrons. The van der Waals surface area contributed by atoms with Crippen LogP contribution in [-0.4, -0.2) is 11.0 Å². The van der Waals surface area contributed by atoms with Crippen LogP contribution in [0.4, 0.5) is 8.78 Å². The normalized spacial score (nSPS) is 10.7. The Kier molecular flexibility index (Phi) is 2.81. The molecule has 0 saturated carbocycles. The first-order valence-electron chi connectivity index (χ1n) is 3.66. The summed E-state index contributed by atoms with van der Waals surface area (Å²) in [5, 5.41) is 8.80. The predicted octanol–water partition coefficient (Wildman–Crippen LogP) is 1.17. The number of carbonyl (C=O) groups is 1. The molecule has 0 saturated heterocycles. The molecule has 3 N–H and O–H groups in total. The molecular formula is C9H7F2NO2. The van der Waals surface area contributed by atoms with Gasteiger partial charge in [0.1, 0.15) is 17.4 Å². The molecule has 1 amide bonds. The number of phenolic OH excluding ortho intramolecular Hbond substituents is 1. The summed E-state index contributed by atoms with van der Waals surface area (Å²) in [6.07, 6.45) is 1.74. The molecule has 0 heterocycles. The zero-order chi connectivity index (χ0) is 10.7. The molecule has 1 rings (SSSR count). The largest absolute Gasteiger partial charge is 0.508 e. The highest BCUT2D eigenvalue weighted by atomic mass is 19.1. The van der Waals surface area contributed by atoms with Gasteiger partial charge in [-0.05, 0) is 6.08 Å². The van der Waals surface area contributed by atoms with Crippen LogP contribution in [-0.2, 0) is 4.79 Å². The molecule has 0 atom stereocenters. The average molecular weight is 199 g/mol. The van der Waals surface area contributed by atoms with Crippen molar-refractivity contribution < 1.29 is 18.7 Å². The number of aromatic hydroxyl groups is 1. The summed E-state index contributed by atoms with van der Waals surface area (Å²) in [6, 6.07) is 1.48. The van der Waals surface area contributed by atoms with E-state index in [0.717, 1.165) is 24.3 Å². The number of primary amides is 1. The SMILES string of the molecule is NC(=O)C=Cc1c(F)cc(O)cc1F. The maximum Gasteiger partial charge on any atom is 0.241 e. The van der Waals surface area contributed by atoms with Gasteiger partial charge < -0.3 is 10.8 Å². The Labute approximate surface area is 78.5 Å². The standard InChI is InChI=1S/C9H7F2NO2/c10-7-3-5(13)4-8(11)6(7)1-2-9(12)14/h1-4,13H,(H2,12,14). The van der Waals surface area contributed by atoms with Crippen molar-refractivity contribution in [2.24, 2.45) is 5.73 Å². The van der Waals surface area contributed by atoms with E-state index in [1.165, 1.54) is 0 Å². The molecule has 0 aliphatic heterocycles. The number of hydrogen-bond donors (Lipinski definition) is 2. The third-order valence-corrected chi connectivity index (χ3v) is 1.48. The van der Waals surface area contributed by atoms with Gasteiger partial charge >= 0.3 is 0 Å². The number of benzene rings is 1. The summed E-state index contributed by atoms with van der Waals surface area (Å²) in [5.41, 5.74) is 4.34. The minimum Gasteiger partial charge on any atom is -0.508 e. The molecule has 0 aliphatic carbocycles. The van der Waals surface area contributed by atoms with Crippen LogP contribution < -0.4 is 5.73 Å². The molecule has 0 unspecified atom stereocenters. The molecule has 14 heavy (non-hydrogen) atoms. The fraction of sp³-hybridized carbons (Fsp3) is 0. The lowest BCUT2D eigenvalue weighted by Crippen LogP contribution is -2.05. The van der Waals surface area contributed by atoms with Crippen LogP contribution in [0.2, 0.25) is 0 Å². The van der Waals surface area contributed by atoms with Gasteiger partial charge in [-0.15, -0.1) is 0 Å². The molecule has 0 aromatic heterocycles. The van der Waals surface area contributed by atoms with E-state index in [1.54, 1.807) is 0 Å². The summed E-state index contributed by atoms with van der Waals surface area (Å²) in [5.74, 6) is -3.24. The summed E-state index contributed by atoms with van der Waals surface area (Å²) in [7, 11) is 0. The van der Waals surface area contributed by atoms with Gasteiger partial charge in [0.15, 0.2) is 0 Å². The first-order chi connectivity index (χ1) is 6.50. The topological polar surface area (TPSA) is 63.3 Å². The highest BCUT2D eigenvalue weighted by Crippen LogP contribution is 2.20. The second kappa shape index (κ2) is 3.87. The van der Waals surface area contributed by atoms with E-state index in [4.69, 9.17) is 10.8 Å². The molecule has 3 nitrogen and oxygen atoms in total. The molecule has 5 heteroatoms. The number of phenols is 1. The van der Waals surface area contributed by atoms with E-state index in [1.807, 2.05) is 0 Å². The Morgan fingerprint density at radius 1 is 1.36 bits per heavy atom. The van der Waals surface area contributed by atoms with Gasteiger partial charge in [0.05, 0.1) is 0 Å². The van der Waals surface area contributed by atoms with Crippen molar-refractivity contribution in [3.63, 3.8) is 0 Å². The fourth-order valence-corrected chi connectivity index (χ4v) is 0.896. The molecule has 0 aliphatic rings. The Hall–Kier alpha value is -1.91. The number of rotatable bonds is 2. The maximum absolute atomic E-state index is 13.0. The van der Waals surface area contributed by atoms with E-state index >= 15 is 0 Å². The molecular weight excluding hydrogens is 192 g/mol. The Morgan fingerprint density at radius 2 is 1.86 bits per heavy atom. The van der Waals surface area contributed by atoms with Crippen LogP contribution >= 0.6 is 0 Å². The minimum atomic E-state index is -0.958. The number of nitrogens with two attached hydrogens (primary N) is 1. The van der Waals surface area contributed by atoms with Crippen LogP contribution in [0.1, 0.15) is 5.56 Å². The molecule has 1 aromatic rings. The van der Waals surface area contributed by atoms with Gasteiger partial charge in [-0.25, -0.2) is 8.78 Å². The lowest BCUT2D eigenvalue weighted by atomic mass is 10.1. The third kappa shape index (κ3) is 2.29. The Morgan fingerprint density at radius 3 is 2.29 bits per heavy atom. The van der Waals surface area contributed by atoms with E-state index in [9.17, 15) is 13.6 Å². The van der Waals surface area contributed by atoms with Gasteiger partial charge in [-0.1, -0.05) is 0 Å². The zero-order valence-corrected chi connectivity index (χ0v) is 7.00. The Balaban J connectivity index is 3.15. The monoisotopic (exact) mass is 199 g/mol. The molecule has 1 aromatic carbocycles. The van der Waals surface area contributed by atoms with Crippen LogP contribution in [0, 0.1) is 11.6 Å². The number of hydrogen-bond acceptors (Lipinski definition) is 2. The highest BCUT2D eigenvalue weighted by molar-refractivity contribution is 5.90. The minimum absolute atomic E-state index is 0.415. The van der Waals surface area contributed by atoms with Gasteiger partial charge in [0, 0.05) is 23.8 Å². The van der Waals surface area contributed by atoms with Gasteiger partial charge in [0.25, 0.3) is 0 Å². The van der Waals surface area contributed by atoms with Crippen LogP contribution in [0.3, 0.4) is 0 Å². The second-order valence-electron chi connectivity index (χ2n) is 2.56. The maximum atomic E-state index is 13.0. The quantitative estimate of drug-likeness (QED) is 0.702. The van der Waals surface area contributed by atoms with Gasteiger partial charge in [-0.3, -0.25) is 4.79 Å². The fourth-order valence-electron chi connectivity index (χ4n) is 0.896. The lowest BCUT2D eigenvalue weighted by molar-refractivity contribution is -0.113. The number of halogens is 2. The van der Waals surface area contributed by atoms with Gasteiger partial charge in [0.2, 0.25) is 5.91 Å². The van der Waals surface area contributed by atoms with Crippen LogP contribution in [0.5, 0.6) is 5.75 Å². The van der Waals surface area contributed by atoms with Crippen molar-refractivity contribution in [1.29, 1.82) is 0 Å². The number of carbonyl (C=O) groups excluding carboxylic acids is 1. The second-order valence-corrected chi connectivity index (χ2v) is 2.56. The third-order valence-electron chi connectivity index (χ3n) is 1.48. The van der Waals surface area contributed by atoms with Crippen molar-refractivity contribution in [3.05, 3.63) is 35.4 Å². The molecule has 74 valence electrons. The molecule has 0 fully saturated rings. The average Bonchev–Trinajstić information content (AvgIpc) is 2.01. The molecule has 0 spiro atoms.